The molecule has 13 heavy (non-hydrogen) atoms. The van der Waals surface area contributed by atoms with Gasteiger partial charge in [-0.05, 0) is 18.3 Å². The Balaban J connectivity index is 3.80. The highest BCUT2D eigenvalue weighted by Crippen LogP contribution is 2.22. The Bertz CT molecular complexity index is 236. The Hall–Kier alpha value is -0.0900. The molecule has 0 spiro atoms. The van der Waals surface area contributed by atoms with Crippen molar-refractivity contribution >= 4 is 9.84 Å². The van der Waals surface area contributed by atoms with Crippen molar-refractivity contribution in [2.24, 2.45) is 5.41 Å². The minimum Gasteiger partial charge on any atom is -0.393 e. The van der Waals surface area contributed by atoms with Crippen LogP contribution in [0.25, 0.3) is 0 Å². The molecule has 4 heteroatoms. The molecule has 0 saturated heterocycles. The first-order chi connectivity index (χ1) is 5.63. The molecule has 0 aliphatic heterocycles. The van der Waals surface area contributed by atoms with Gasteiger partial charge in [-0.25, -0.2) is 8.42 Å². The lowest BCUT2D eigenvalue weighted by Gasteiger charge is -2.25. The third-order valence-corrected chi connectivity index (χ3v) is 3.02. The molecule has 0 amide bonds. The maximum atomic E-state index is 10.8. The van der Waals surface area contributed by atoms with E-state index in [0.717, 1.165) is 0 Å². The molecular formula is C9H20O3S. The van der Waals surface area contributed by atoms with Gasteiger partial charge >= 0.3 is 0 Å². The molecule has 0 aromatic rings. The molecule has 1 unspecified atom stereocenters. The van der Waals surface area contributed by atoms with Gasteiger partial charge in [0.15, 0.2) is 0 Å². The Labute approximate surface area is 81.1 Å². The van der Waals surface area contributed by atoms with Crippen molar-refractivity contribution in [1.82, 2.24) is 0 Å². The van der Waals surface area contributed by atoms with E-state index in [1.54, 1.807) is 0 Å². The summed E-state index contributed by atoms with van der Waals surface area (Å²) in [6.45, 7) is 5.83. The molecule has 0 fully saturated rings. The van der Waals surface area contributed by atoms with Crippen LogP contribution in [0.4, 0.5) is 0 Å². The number of rotatable bonds is 4. The van der Waals surface area contributed by atoms with Gasteiger partial charge in [-0.15, -0.1) is 0 Å². The average Bonchev–Trinajstić information content (AvgIpc) is 1.82. The largest absolute Gasteiger partial charge is 0.393 e. The molecule has 0 aliphatic rings. The van der Waals surface area contributed by atoms with E-state index in [-0.39, 0.29) is 11.2 Å². The first-order valence-corrected chi connectivity index (χ1v) is 6.55. The fourth-order valence-electron chi connectivity index (χ4n) is 0.972. The minimum atomic E-state index is -2.88. The van der Waals surface area contributed by atoms with Crippen LogP contribution in [-0.2, 0) is 9.84 Å². The molecule has 0 aliphatic carbocycles. The fraction of sp³-hybridized carbons (Fsp3) is 1.00. The SMILES string of the molecule is CC(C)(C)C(O)CCCS(C)(=O)=O. The zero-order chi connectivity index (χ0) is 10.7. The molecule has 0 aromatic heterocycles. The average molecular weight is 208 g/mol. The third-order valence-electron chi connectivity index (χ3n) is 1.99. The summed E-state index contributed by atoms with van der Waals surface area (Å²) in [6.07, 6.45) is 1.89. The van der Waals surface area contributed by atoms with Gasteiger partial charge < -0.3 is 5.11 Å². The monoisotopic (exact) mass is 208 g/mol. The highest BCUT2D eigenvalue weighted by Gasteiger charge is 2.21. The third kappa shape index (κ3) is 7.02. The molecular weight excluding hydrogens is 188 g/mol. The van der Waals surface area contributed by atoms with E-state index in [1.165, 1.54) is 6.26 Å². The quantitative estimate of drug-likeness (QED) is 0.755. The van der Waals surface area contributed by atoms with E-state index < -0.39 is 15.9 Å². The van der Waals surface area contributed by atoms with Crippen LogP contribution in [0.5, 0.6) is 0 Å². The zero-order valence-electron chi connectivity index (χ0n) is 8.87. The van der Waals surface area contributed by atoms with Crippen molar-refractivity contribution in [3.8, 4) is 0 Å². The lowest BCUT2D eigenvalue weighted by atomic mass is 9.87. The van der Waals surface area contributed by atoms with Crippen molar-refractivity contribution in [2.45, 2.75) is 39.7 Å². The maximum absolute atomic E-state index is 10.8. The first kappa shape index (κ1) is 12.9. The van der Waals surface area contributed by atoms with Gasteiger partial charge in [-0.1, -0.05) is 20.8 Å². The summed E-state index contributed by atoms with van der Waals surface area (Å²) in [4.78, 5) is 0. The van der Waals surface area contributed by atoms with Gasteiger partial charge in [0.1, 0.15) is 9.84 Å². The Kier molecular flexibility index (Phi) is 4.39. The lowest BCUT2D eigenvalue weighted by Crippen LogP contribution is -2.26. The van der Waals surface area contributed by atoms with E-state index in [0.29, 0.717) is 12.8 Å². The van der Waals surface area contributed by atoms with Crippen molar-refractivity contribution < 1.29 is 13.5 Å². The van der Waals surface area contributed by atoms with Gasteiger partial charge in [-0.3, -0.25) is 0 Å². The molecule has 0 aromatic carbocycles. The number of aliphatic hydroxyl groups excluding tert-OH is 1. The molecule has 0 rings (SSSR count). The summed E-state index contributed by atoms with van der Waals surface area (Å²) in [7, 11) is -2.88. The maximum Gasteiger partial charge on any atom is 0.147 e. The van der Waals surface area contributed by atoms with Gasteiger partial charge in [0, 0.05) is 12.0 Å². The molecule has 0 bridgehead atoms. The van der Waals surface area contributed by atoms with Crippen LogP contribution in [0.1, 0.15) is 33.6 Å². The van der Waals surface area contributed by atoms with Crippen LogP contribution < -0.4 is 0 Å². The normalized spacial score (nSPS) is 15.8. The van der Waals surface area contributed by atoms with Crippen LogP contribution in [0.2, 0.25) is 0 Å². The van der Waals surface area contributed by atoms with Crippen molar-refractivity contribution in [1.29, 1.82) is 0 Å². The van der Waals surface area contributed by atoms with Gasteiger partial charge in [-0.2, -0.15) is 0 Å². The molecule has 0 saturated carbocycles. The standard InChI is InChI=1S/C9H20O3S/c1-9(2,3)8(10)6-5-7-13(4,11)12/h8,10H,5-7H2,1-4H3. The van der Waals surface area contributed by atoms with Gasteiger partial charge in [0.05, 0.1) is 6.10 Å². The molecule has 1 N–H and O–H groups in total. The number of hydrogen-bond acceptors (Lipinski definition) is 3. The predicted molar refractivity (Wildman–Crippen MR) is 54.4 cm³/mol. The molecule has 3 nitrogen and oxygen atoms in total. The van der Waals surface area contributed by atoms with Crippen LogP contribution in [0.3, 0.4) is 0 Å². The molecule has 80 valence electrons. The fourth-order valence-corrected chi connectivity index (χ4v) is 1.66. The topological polar surface area (TPSA) is 54.4 Å². The Morgan fingerprint density at radius 2 is 1.77 bits per heavy atom. The second kappa shape index (κ2) is 4.42. The number of sulfone groups is 1. The summed E-state index contributed by atoms with van der Waals surface area (Å²) in [6, 6.07) is 0. The summed E-state index contributed by atoms with van der Waals surface area (Å²) in [5.41, 5.74) is -0.155. The second-order valence-corrected chi connectivity index (χ2v) is 6.91. The number of aliphatic hydroxyl groups is 1. The molecule has 0 radical (unpaired) electrons. The first-order valence-electron chi connectivity index (χ1n) is 4.49. The Morgan fingerprint density at radius 1 is 1.31 bits per heavy atom. The van der Waals surface area contributed by atoms with Crippen molar-refractivity contribution in [3.63, 3.8) is 0 Å². The van der Waals surface area contributed by atoms with Crippen molar-refractivity contribution in [3.05, 3.63) is 0 Å². The predicted octanol–water partition coefficient (Wildman–Crippen LogP) is 1.22. The van der Waals surface area contributed by atoms with Crippen LogP contribution in [0, 0.1) is 5.41 Å². The number of hydrogen-bond donors (Lipinski definition) is 1. The van der Waals surface area contributed by atoms with E-state index >= 15 is 0 Å². The minimum absolute atomic E-state index is 0.155. The highest BCUT2D eigenvalue weighted by molar-refractivity contribution is 7.90. The van der Waals surface area contributed by atoms with Crippen LogP contribution in [-0.4, -0.2) is 31.6 Å². The van der Waals surface area contributed by atoms with Crippen LogP contribution >= 0.6 is 0 Å². The van der Waals surface area contributed by atoms with Gasteiger partial charge in [0.2, 0.25) is 0 Å². The van der Waals surface area contributed by atoms with Gasteiger partial charge in [0.25, 0.3) is 0 Å². The van der Waals surface area contributed by atoms with Crippen molar-refractivity contribution in [2.75, 3.05) is 12.0 Å². The summed E-state index contributed by atoms with van der Waals surface area (Å²) < 4.78 is 21.6. The summed E-state index contributed by atoms with van der Waals surface area (Å²) >= 11 is 0. The molecule has 0 heterocycles. The zero-order valence-corrected chi connectivity index (χ0v) is 9.69. The lowest BCUT2D eigenvalue weighted by molar-refractivity contribution is 0.0553. The summed E-state index contributed by atoms with van der Waals surface area (Å²) in [5, 5.41) is 9.59. The van der Waals surface area contributed by atoms with E-state index in [4.69, 9.17) is 0 Å². The molecule has 1 atom stereocenters. The van der Waals surface area contributed by atoms with E-state index in [9.17, 15) is 13.5 Å². The smallest absolute Gasteiger partial charge is 0.147 e. The van der Waals surface area contributed by atoms with Crippen LogP contribution in [0.15, 0.2) is 0 Å². The summed E-state index contributed by atoms with van der Waals surface area (Å²) in [5.74, 6) is 0.167. The van der Waals surface area contributed by atoms with E-state index in [2.05, 4.69) is 0 Å². The van der Waals surface area contributed by atoms with E-state index in [1.807, 2.05) is 20.8 Å². The highest BCUT2D eigenvalue weighted by atomic mass is 32.2. The Morgan fingerprint density at radius 3 is 2.08 bits per heavy atom. The second-order valence-electron chi connectivity index (χ2n) is 4.65.